The molecular weight excluding hydrogens is 326 g/mol. The van der Waals surface area contributed by atoms with Gasteiger partial charge in [-0.05, 0) is 65.7 Å². The van der Waals surface area contributed by atoms with E-state index in [2.05, 4.69) is 32.4 Å². The van der Waals surface area contributed by atoms with E-state index in [1.54, 1.807) is 22.7 Å². The van der Waals surface area contributed by atoms with Gasteiger partial charge in [0, 0.05) is 18.0 Å². The number of nitrogens with zero attached hydrogens (tertiary/aromatic N) is 1. The first kappa shape index (κ1) is 16.5. The normalized spacial score (nSPS) is 16.3. The summed E-state index contributed by atoms with van der Waals surface area (Å²) in [4.78, 5) is 15.5. The molecular formula is C17H23N3OS2. The van der Waals surface area contributed by atoms with E-state index in [0.29, 0.717) is 12.5 Å². The van der Waals surface area contributed by atoms with Crippen LogP contribution in [0, 0.1) is 5.92 Å². The van der Waals surface area contributed by atoms with Gasteiger partial charge >= 0.3 is 6.03 Å². The van der Waals surface area contributed by atoms with Crippen LogP contribution in [0.3, 0.4) is 0 Å². The average molecular weight is 350 g/mol. The van der Waals surface area contributed by atoms with Gasteiger partial charge < -0.3 is 10.6 Å². The van der Waals surface area contributed by atoms with Gasteiger partial charge in [-0.25, -0.2) is 4.79 Å². The fourth-order valence-electron chi connectivity index (χ4n) is 2.87. The van der Waals surface area contributed by atoms with Gasteiger partial charge in [0.25, 0.3) is 0 Å². The lowest BCUT2D eigenvalue weighted by molar-refractivity contribution is 0.175. The molecule has 0 aromatic carbocycles. The Balaban J connectivity index is 1.30. The van der Waals surface area contributed by atoms with Gasteiger partial charge in [0.05, 0.1) is 6.54 Å². The lowest BCUT2D eigenvalue weighted by atomic mass is 9.96. The minimum Gasteiger partial charge on any atom is -0.338 e. The molecule has 2 N–H and O–H groups in total. The highest BCUT2D eigenvalue weighted by molar-refractivity contribution is 7.09. The van der Waals surface area contributed by atoms with Crippen LogP contribution < -0.4 is 10.6 Å². The summed E-state index contributed by atoms with van der Waals surface area (Å²) >= 11 is 3.43. The van der Waals surface area contributed by atoms with Crippen molar-refractivity contribution in [3.8, 4) is 0 Å². The number of amides is 2. The van der Waals surface area contributed by atoms with Crippen LogP contribution in [0.1, 0.15) is 23.3 Å². The van der Waals surface area contributed by atoms with Crippen LogP contribution in [-0.4, -0.2) is 30.6 Å². The molecule has 0 radical (unpaired) electrons. The van der Waals surface area contributed by atoms with E-state index in [1.807, 2.05) is 17.5 Å². The fourth-order valence-corrected chi connectivity index (χ4v) is 4.17. The highest BCUT2D eigenvalue weighted by atomic mass is 32.1. The summed E-state index contributed by atoms with van der Waals surface area (Å²) in [5.74, 6) is 0.598. The molecule has 0 aliphatic carbocycles. The molecule has 0 saturated carbocycles. The van der Waals surface area contributed by atoms with Gasteiger partial charge in [0.1, 0.15) is 0 Å². The van der Waals surface area contributed by atoms with E-state index in [-0.39, 0.29) is 6.03 Å². The molecule has 6 heteroatoms. The van der Waals surface area contributed by atoms with Gasteiger partial charge in [-0.1, -0.05) is 6.07 Å². The molecule has 4 nitrogen and oxygen atoms in total. The molecule has 2 aromatic rings. The predicted octanol–water partition coefficient (Wildman–Crippen LogP) is 3.52. The minimum atomic E-state index is -0.0564. The van der Waals surface area contributed by atoms with Gasteiger partial charge in [-0.2, -0.15) is 11.3 Å². The van der Waals surface area contributed by atoms with E-state index < -0.39 is 0 Å². The summed E-state index contributed by atoms with van der Waals surface area (Å²) in [7, 11) is 0. The molecule has 1 aliphatic heterocycles. The number of rotatable bonds is 6. The zero-order valence-electron chi connectivity index (χ0n) is 13.2. The maximum absolute atomic E-state index is 11.8. The highest BCUT2D eigenvalue weighted by Crippen LogP contribution is 2.19. The van der Waals surface area contributed by atoms with Crippen LogP contribution in [0.25, 0.3) is 0 Å². The maximum Gasteiger partial charge on any atom is 0.315 e. The van der Waals surface area contributed by atoms with Crippen LogP contribution >= 0.6 is 22.7 Å². The molecule has 3 rings (SSSR count). The van der Waals surface area contributed by atoms with E-state index in [9.17, 15) is 4.79 Å². The SMILES string of the molecule is O=C(NCc1cccs1)NCC1CCN(Cc2ccsc2)CC1. The Morgan fingerprint density at radius 2 is 2.09 bits per heavy atom. The average Bonchev–Trinajstić information content (AvgIpc) is 3.26. The maximum atomic E-state index is 11.8. The zero-order chi connectivity index (χ0) is 15.9. The number of likely N-dealkylation sites (tertiary alicyclic amines) is 1. The Morgan fingerprint density at radius 3 is 2.78 bits per heavy atom. The minimum absolute atomic E-state index is 0.0564. The molecule has 0 atom stereocenters. The van der Waals surface area contributed by atoms with E-state index in [0.717, 1.165) is 39.0 Å². The largest absolute Gasteiger partial charge is 0.338 e. The van der Waals surface area contributed by atoms with Crippen molar-refractivity contribution in [3.63, 3.8) is 0 Å². The Morgan fingerprint density at radius 1 is 1.22 bits per heavy atom. The van der Waals surface area contributed by atoms with Crippen LogP contribution in [0.4, 0.5) is 4.79 Å². The summed E-state index contributed by atoms with van der Waals surface area (Å²) in [6.45, 7) is 4.70. The number of thiophene rings is 2. The third kappa shape index (κ3) is 5.34. The molecule has 2 amide bonds. The molecule has 3 heterocycles. The number of piperidine rings is 1. The topological polar surface area (TPSA) is 44.4 Å². The summed E-state index contributed by atoms with van der Waals surface area (Å²) in [5.41, 5.74) is 1.42. The molecule has 124 valence electrons. The molecule has 1 saturated heterocycles. The first-order chi connectivity index (χ1) is 11.3. The number of urea groups is 1. The van der Waals surface area contributed by atoms with E-state index in [1.165, 1.54) is 10.4 Å². The Labute approximate surface area is 145 Å². The first-order valence-electron chi connectivity index (χ1n) is 8.07. The zero-order valence-corrected chi connectivity index (χ0v) is 14.8. The standard InChI is InChI=1S/C17H23N3OS2/c21-17(19-11-16-2-1-8-23-16)18-10-14-3-6-20(7-4-14)12-15-5-9-22-13-15/h1-2,5,8-9,13-14H,3-4,6-7,10-12H2,(H2,18,19,21). The van der Waals surface area contributed by atoms with Crippen LogP contribution in [0.2, 0.25) is 0 Å². The Bertz CT molecular complexity index is 575. The second-order valence-corrected chi connectivity index (χ2v) is 7.81. The summed E-state index contributed by atoms with van der Waals surface area (Å²) < 4.78 is 0. The Hall–Kier alpha value is -1.37. The van der Waals surface area contributed by atoms with Crippen molar-refractivity contribution in [1.82, 2.24) is 15.5 Å². The van der Waals surface area contributed by atoms with Crippen LogP contribution in [-0.2, 0) is 13.1 Å². The van der Waals surface area contributed by atoms with Crippen molar-refractivity contribution in [2.24, 2.45) is 5.92 Å². The number of carbonyl (C=O) groups excluding carboxylic acids is 1. The molecule has 23 heavy (non-hydrogen) atoms. The lowest BCUT2D eigenvalue weighted by Gasteiger charge is -2.31. The first-order valence-corrected chi connectivity index (χ1v) is 9.89. The number of hydrogen-bond donors (Lipinski definition) is 2. The second-order valence-electron chi connectivity index (χ2n) is 5.99. The molecule has 0 bridgehead atoms. The Kier molecular flexibility index (Phi) is 6.07. The monoisotopic (exact) mass is 349 g/mol. The van der Waals surface area contributed by atoms with Crippen molar-refractivity contribution < 1.29 is 4.79 Å². The third-order valence-corrected chi connectivity index (χ3v) is 5.86. The van der Waals surface area contributed by atoms with Crippen molar-refractivity contribution in [2.75, 3.05) is 19.6 Å². The van der Waals surface area contributed by atoms with E-state index in [4.69, 9.17) is 0 Å². The number of hydrogen-bond acceptors (Lipinski definition) is 4. The third-order valence-electron chi connectivity index (χ3n) is 4.25. The van der Waals surface area contributed by atoms with Gasteiger partial charge in [0.2, 0.25) is 0 Å². The van der Waals surface area contributed by atoms with Crippen molar-refractivity contribution >= 4 is 28.7 Å². The van der Waals surface area contributed by atoms with Crippen molar-refractivity contribution in [2.45, 2.75) is 25.9 Å². The summed E-state index contributed by atoms with van der Waals surface area (Å²) in [5, 5.41) is 12.3. The molecule has 1 aliphatic rings. The van der Waals surface area contributed by atoms with Gasteiger partial charge in [-0.3, -0.25) is 4.90 Å². The quantitative estimate of drug-likeness (QED) is 0.838. The van der Waals surface area contributed by atoms with Crippen LogP contribution in [0.5, 0.6) is 0 Å². The van der Waals surface area contributed by atoms with Gasteiger partial charge in [-0.15, -0.1) is 11.3 Å². The van der Waals surface area contributed by atoms with Gasteiger partial charge in [0.15, 0.2) is 0 Å². The predicted molar refractivity (Wildman–Crippen MR) is 96.9 cm³/mol. The van der Waals surface area contributed by atoms with Crippen molar-refractivity contribution in [1.29, 1.82) is 0 Å². The van der Waals surface area contributed by atoms with Crippen molar-refractivity contribution in [3.05, 3.63) is 44.8 Å². The van der Waals surface area contributed by atoms with E-state index >= 15 is 0 Å². The summed E-state index contributed by atoms with van der Waals surface area (Å²) in [6.07, 6.45) is 2.32. The second kappa shape index (κ2) is 8.47. The highest BCUT2D eigenvalue weighted by Gasteiger charge is 2.19. The summed E-state index contributed by atoms with van der Waals surface area (Å²) in [6, 6.07) is 6.19. The number of carbonyl (C=O) groups is 1. The molecule has 2 aromatic heterocycles. The lowest BCUT2D eigenvalue weighted by Crippen LogP contribution is -2.41. The molecule has 0 spiro atoms. The fraction of sp³-hybridized carbons (Fsp3) is 0.471. The molecule has 1 fully saturated rings. The molecule has 0 unspecified atom stereocenters. The van der Waals surface area contributed by atoms with Crippen LogP contribution in [0.15, 0.2) is 34.3 Å². The number of nitrogens with one attached hydrogen (secondary N) is 2. The smallest absolute Gasteiger partial charge is 0.315 e.